The fraction of sp³-hybridized carbons (Fsp3) is 0.0800. The number of carboxylic acids is 1. The first-order valence-electron chi connectivity index (χ1n) is 11.4. The van der Waals surface area contributed by atoms with Crippen molar-refractivity contribution in [2.24, 2.45) is 0 Å². The predicted octanol–water partition coefficient (Wildman–Crippen LogP) is 2.38. The minimum absolute atomic E-state index is 0.0830. The Morgan fingerprint density at radius 1 is 0.857 bits per heavy atom. The number of pyridine rings is 3. The van der Waals surface area contributed by atoms with Crippen molar-refractivity contribution in [2.75, 3.05) is 7.11 Å². The summed E-state index contributed by atoms with van der Waals surface area (Å²) < 4.78 is 27.7. The van der Waals surface area contributed by atoms with E-state index in [1.54, 1.807) is 24.3 Å². The third-order valence-corrected chi connectivity index (χ3v) is 4.18. The van der Waals surface area contributed by atoms with Crippen LogP contribution in [0.5, 0.6) is 0 Å². The number of methoxy groups -OCH3 is 1. The van der Waals surface area contributed by atoms with Crippen LogP contribution in [0.15, 0.2) is 99.7 Å². The van der Waals surface area contributed by atoms with Gasteiger partial charge in [0.2, 0.25) is 11.1 Å². The second-order valence-corrected chi connectivity index (χ2v) is 6.64. The Kier molecular flexibility index (Phi) is 8.05. The Labute approximate surface area is 203 Å². The summed E-state index contributed by atoms with van der Waals surface area (Å²) in [7, 11) is 1.29. The van der Waals surface area contributed by atoms with E-state index in [1.807, 2.05) is 6.07 Å². The van der Waals surface area contributed by atoms with Crippen LogP contribution in [-0.2, 0) is 4.74 Å². The maximum Gasteiger partial charge on any atom is 0.339 e. The minimum Gasteiger partial charge on any atom is -0.478 e. The lowest BCUT2D eigenvalue weighted by Crippen LogP contribution is -2.16. The van der Waals surface area contributed by atoms with Gasteiger partial charge in [-0.15, -0.1) is 0 Å². The first kappa shape index (κ1) is 21.8. The van der Waals surface area contributed by atoms with E-state index in [0.717, 1.165) is 6.20 Å². The summed E-state index contributed by atoms with van der Waals surface area (Å²) in [5.74, 6) is -1.50. The second kappa shape index (κ2) is 12.9. The number of carbonyl (C=O) groups is 2. The van der Waals surface area contributed by atoms with Crippen LogP contribution in [0.1, 0.15) is 30.4 Å². The standard InChI is InChI=1S/C12H11NO.C7H7NO3.C6H5NO3/c1-10-7-8-12(14)13(9-10)11-5-3-2-4-6-11;1-11-7(10)5-2-3-6(9)8-4-5;8-5-2-1-4(3-7-5)6(9)10/h2-9H,1H3;2-4H,1H3,(H,8,9);1-3H,(H,7,8)(H,9,10)/i1D3;;. The first-order chi connectivity index (χ1) is 17.9. The number of carbonyl (C=O) groups excluding carboxylic acids is 1. The van der Waals surface area contributed by atoms with E-state index in [1.165, 1.54) is 60.5 Å². The number of carboxylic acid groups (broad SMARTS) is 1. The lowest BCUT2D eigenvalue weighted by atomic mass is 10.3. The minimum atomic E-state index is -2.20. The number of aromatic amines is 2. The summed E-state index contributed by atoms with van der Waals surface area (Å²) >= 11 is 0. The highest BCUT2D eigenvalue weighted by Gasteiger charge is 2.02. The lowest BCUT2D eigenvalue weighted by molar-refractivity contribution is 0.0599. The number of aromatic nitrogens is 3. The smallest absolute Gasteiger partial charge is 0.339 e. The number of benzene rings is 1. The first-order valence-corrected chi connectivity index (χ1v) is 9.90. The molecule has 0 saturated heterocycles. The zero-order chi connectivity index (χ0) is 28.3. The summed E-state index contributed by atoms with van der Waals surface area (Å²) in [6.07, 6.45) is 3.84. The summed E-state index contributed by atoms with van der Waals surface area (Å²) in [5.41, 5.74) is 0.447. The Bertz CT molecular complexity index is 1520. The predicted molar refractivity (Wildman–Crippen MR) is 129 cm³/mol. The quantitative estimate of drug-likeness (QED) is 0.381. The van der Waals surface area contributed by atoms with Gasteiger partial charge >= 0.3 is 11.9 Å². The van der Waals surface area contributed by atoms with Gasteiger partial charge in [-0.2, -0.15) is 0 Å². The number of H-pyrrole nitrogens is 2. The summed E-state index contributed by atoms with van der Waals surface area (Å²) in [6.45, 7) is -2.20. The molecule has 3 N–H and O–H groups in total. The molecular weight excluding hydrogens is 454 g/mol. The highest BCUT2D eigenvalue weighted by molar-refractivity contribution is 5.88. The SMILES string of the molecule is COC(=O)c1ccc(=O)[nH]c1.O=C(O)c1ccc(=O)[nH]c1.[2H]C([2H])([2H])c1ccc(=O)n(-c2ccccc2)c1. The molecule has 0 bridgehead atoms. The Balaban J connectivity index is 0.000000211. The van der Waals surface area contributed by atoms with Gasteiger partial charge in [0, 0.05) is 46.6 Å². The molecule has 0 amide bonds. The van der Waals surface area contributed by atoms with Crippen LogP contribution in [0, 0.1) is 6.85 Å². The molecule has 0 fully saturated rings. The molecule has 10 nitrogen and oxygen atoms in total. The Hall–Kier alpha value is -4.99. The van der Waals surface area contributed by atoms with Crippen LogP contribution >= 0.6 is 0 Å². The number of nitrogens with one attached hydrogen (secondary N) is 2. The molecule has 0 aliphatic heterocycles. The highest BCUT2D eigenvalue weighted by atomic mass is 16.5. The maximum absolute atomic E-state index is 11.7. The van der Waals surface area contributed by atoms with Gasteiger partial charge in [0.1, 0.15) is 0 Å². The number of hydrogen-bond acceptors (Lipinski definition) is 6. The number of ether oxygens (including phenoxy) is 1. The molecule has 0 aliphatic rings. The number of para-hydroxylation sites is 1. The van der Waals surface area contributed by atoms with Crippen LogP contribution < -0.4 is 16.7 Å². The molecule has 0 spiro atoms. The molecule has 10 heteroatoms. The molecule has 0 atom stereocenters. The molecule has 180 valence electrons. The van der Waals surface area contributed by atoms with E-state index in [2.05, 4.69) is 14.7 Å². The van der Waals surface area contributed by atoms with Crippen molar-refractivity contribution in [3.05, 3.63) is 133 Å². The van der Waals surface area contributed by atoms with Crippen molar-refractivity contribution >= 4 is 11.9 Å². The average molecular weight is 480 g/mol. The molecule has 35 heavy (non-hydrogen) atoms. The van der Waals surface area contributed by atoms with Gasteiger partial charge < -0.3 is 19.8 Å². The number of aromatic carboxylic acids is 1. The van der Waals surface area contributed by atoms with E-state index in [-0.39, 0.29) is 27.8 Å². The number of aryl methyl sites for hydroxylation is 1. The zero-order valence-electron chi connectivity index (χ0n) is 21.4. The van der Waals surface area contributed by atoms with Crippen molar-refractivity contribution in [1.29, 1.82) is 0 Å². The molecule has 4 aromatic rings. The van der Waals surface area contributed by atoms with E-state index in [4.69, 9.17) is 9.22 Å². The van der Waals surface area contributed by atoms with E-state index < -0.39 is 18.8 Å². The molecule has 1 aromatic carbocycles. The molecule has 3 aromatic heterocycles. The van der Waals surface area contributed by atoms with Gasteiger partial charge in [0.25, 0.3) is 5.56 Å². The van der Waals surface area contributed by atoms with Crippen LogP contribution in [0.3, 0.4) is 0 Å². The fourth-order valence-electron chi connectivity index (χ4n) is 2.48. The van der Waals surface area contributed by atoms with Gasteiger partial charge in [-0.3, -0.25) is 19.0 Å². The second-order valence-electron chi connectivity index (χ2n) is 6.64. The van der Waals surface area contributed by atoms with Crippen LogP contribution in [0.25, 0.3) is 5.69 Å². The molecule has 4 rings (SSSR count). The zero-order valence-corrected chi connectivity index (χ0v) is 18.4. The van der Waals surface area contributed by atoms with Gasteiger partial charge in [-0.25, -0.2) is 9.59 Å². The number of hydrogen-bond donors (Lipinski definition) is 3. The number of rotatable bonds is 3. The average Bonchev–Trinajstić information content (AvgIpc) is 2.90. The topological polar surface area (TPSA) is 151 Å². The van der Waals surface area contributed by atoms with Crippen molar-refractivity contribution in [1.82, 2.24) is 14.5 Å². The largest absolute Gasteiger partial charge is 0.478 e. The number of nitrogens with zero attached hydrogens (tertiary/aromatic N) is 1. The van der Waals surface area contributed by atoms with Gasteiger partial charge in [0.05, 0.1) is 18.2 Å². The lowest BCUT2D eigenvalue weighted by Gasteiger charge is -2.05. The Morgan fingerprint density at radius 2 is 1.46 bits per heavy atom. The van der Waals surface area contributed by atoms with Crippen LogP contribution in [-0.4, -0.2) is 38.7 Å². The van der Waals surface area contributed by atoms with Gasteiger partial charge in [-0.1, -0.05) is 24.3 Å². The van der Waals surface area contributed by atoms with Crippen molar-refractivity contribution in [3.63, 3.8) is 0 Å². The molecule has 3 heterocycles. The van der Waals surface area contributed by atoms with Gasteiger partial charge in [0.15, 0.2) is 0 Å². The maximum atomic E-state index is 11.7. The normalized spacial score (nSPS) is 11.2. The summed E-state index contributed by atoms with van der Waals surface area (Å²) in [5, 5.41) is 8.35. The highest BCUT2D eigenvalue weighted by Crippen LogP contribution is 2.04. The monoisotopic (exact) mass is 480 g/mol. The third kappa shape index (κ3) is 8.46. The molecule has 0 unspecified atom stereocenters. The molecule has 0 radical (unpaired) electrons. The number of esters is 1. The summed E-state index contributed by atoms with van der Waals surface area (Å²) in [6, 6.07) is 16.6. The fourth-order valence-corrected chi connectivity index (χ4v) is 2.48. The van der Waals surface area contributed by atoms with Crippen molar-refractivity contribution < 1.29 is 23.5 Å². The summed E-state index contributed by atoms with van der Waals surface area (Å²) in [4.78, 5) is 58.2. The van der Waals surface area contributed by atoms with E-state index >= 15 is 0 Å². The van der Waals surface area contributed by atoms with Crippen LogP contribution in [0.2, 0.25) is 0 Å². The van der Waals surface area contributed by atoms with Crippen molar-refractivity contribution in [3.8, 4) is 5.69 Å². The van der Waals surface area contributed by atoms with E-state index in [0.29, 0.717) is 11.3 Å². The Morgan fingerprint density at radius 3 is 1.94 bits per heavy atom. The van der Waals surface area contributed by atoms with Gasteiger partial charge in [-0.05, 0) is 36.7 Å². The molecule has 0 saturated carbocycles. The van der Waals surface area contributed by atoms with Crippen molar-refractivity contribution in [2.45, 2.75) is 6.85 Å². The third-order valence-electron chi connectivity index (χ3n) is 4.18. The molecular formula is C25H23N3O7. The molecule has 0 aliphatic carbocycles. The van der Waals surface area contributed by atoms with Crippen LogP contribution in [0.4, 0.5) is 0 Å². The van der Waals surface area contributed by atoms with E-state index in [9.17, 15) is 24.0 Å².